The molecule has 33 heavy (non-hydrogen) atoms. The summed E-state index contributed by atoms with van der Waals surface area (Å²) in [7, 11) is -3.35. The number of amides is 2. The summed E-state index contributed by atoms with van der Waals surface area (Å²) in [5.74, 6) is 0.0328. The molecule has 166 valence electrons. The summed E-state index contributed by atoms with van der Waals surface area (Å²) in [5, 5.41) is 2.49. The lowest BCUT2D eigenvalue weighted by molar-refractivity contribution is -0.122. The van der Waals surface area contributed by atoms with Crippen LogP contribution in [0, 0.1) is 0 Å². The van der Waals surface area contributed by atoms with Crippen LogP contribution in [0.2, 0.25) is 0 Å². The summed E-state index contributed by atoms with van der Waals surface area (Å²) in [4.78, 5) is 27.0. The van der Waals surface area contributed by atoms with Gasteiger partial charge in [0, 0.05) is 6.26 Å². The zero-order chi connectivity index (χ0) is 23.6. The zero-order valence-corrected chi connectivity index (χ0v) is 19.0. The largest absolute Gasteiger partial charge is 0.457 e. The van der Waals surface area contributed by atoms with Gasteiger partial charge in [-0.2, -0.15) is 0 Å². The molecule has 3 aromatic carbocycles. The van der Waals surface area contributed by atoms with Crippen molar-refractivity contribution in [3.05, 3.63) is 90.0 Å². The molecule has 7 nitrogen and oxygen atoms in total. The Labute approximate surface area is 196 Å². The number of thiocarbonyl (C=S) groups is 1. The molecule has 0 unspecified atom stereocenters. The van der Waals surface area contributed by atoms with Crippen molar-refractivity contribution < 1.29 is 22.7 Å². The molecule has 1 fully saturated rings. The van der Waals surface area contributed by atoms with Crippen LogP contribution in [0.3, 0.4) is 0 Å². The SMILES string of the molecule is CS(=O)(=O)c1ccc(/C=C2\C(=O)NC(=S)N(c3ccc(Oc4ccccc4)cc3)C2=O)cc1. The monoisotopic (exact) mass is 478 g/mol. The van der Waals surface area contributed by atoms with Crippen LogP contribution in [-0.4, -0.2) is 31.6 Å². The molecule has 1 aliphatic rings. The summed E-state index contributed by atoms with van der Waals surface area (Å²) in [6.07, 6.45) is 2.50. The Balaban J connectivity index is 1.59. The second-order valence-corrected chi connectivity index (χ2v) is 9.61. The Morgan fingerprint density at radius 3 is 2.09 bits per heavy atom. The fraction of sp³-hybridized carbons (Fsp3) is 0.0417. The Morgan fingerprint density at radius 2 is 1.48 bits per heavy atom. The van der Waals surface area contributed by atoms with E-state index in [0.29, 0.717) is 22.7 Å². The maximum absolute atomic E-state index is 13.1. The molecule has 0 saturated carbocycles. The average molecular weight is 479 g/mol. The lowest BCUT2D eigenvalue weighted by Gasteiger charge is -2.29. The van der Waals surface area contributed by atoms with Crippen LogP contribution in [0.15, 0.2) is 89.3 Å². The third kappa shape index (κ3) is 5.00. The summed E-state index contributed by atoms with van der Waals surface area (Å²) in [5.41, 5.74) is 0.837. The average Bonchev–Trinajstić information content (AvgIpc) is 2.78. The van der Waals surface area contributed by atoms with E-state index in [9.17, 15) is 18.0 Å². The summed E-state index contributed by atoms with van der Waals surface area (Å²) in [6, 6.07) is 21.9. The molecule has 0 spiro atoms. The van der Waals surface area contributed by atoms with Crippen molar-refractivity contribution in [2.75, 3.05) is 11.2 Å². The molecule has 1 N–H and O–H groups in total. The predicted molar refractivity (Wildman–Crippen MR) is 129 cm³/mol. The maximum Gasteiger partial charge on any atom is 0.270 e. The van der Waals surface area contributed by atoms with E-state index in [1.807, 2.05) is 30.3 Å². The van der Waals surface area contributed by atoms with Crippen molar-refractivity contribution in [3.8, 4) is 11.5 Å². The van der Waals surface area contributed by atoms with Crippen LogP contribution < -0.4 is 15.0 Å². The number of sulfone groups is 1. The van der Waals surface area contributed by atoms with Crippen LogP contribution in [0.25, 0.3) is 6.08 Å². The Morgan fingerprint density at radius 1 is 0.879 bits per heavy atom. The number of hydrogen-bond acceptors (Lipinski definition) is 6. The first kappa shape index (κ1) is 22.4. The highest BCUT2D eigenvalue weighted by atomic mass is 32.2. The van der Waals surface area contributed by atoms with Crippen molar-refractivity contribution in [1.82, 2.24) is 5.32 Å². The first-order valence-corrected chi connectivity index (χ1v) is 12.1. The molecule has 0 bridgehead atoms. The normalized spacial score (nSPS) is 15.5. The van der Waals surface area contributed by atoms with Crippen LogP contribution in [0.4, 0.5) is 5.69 Å². The van der Waals surface area contributed by atoms with Gasteiger partial charge in [-0.3, -0.25) is 19.8 Å². The van der Waals surface area contributed by atoms with E-state index in [1.54, 1.807) is 24.3 Å². The minimum absolute atomic E-state index is 0.0358. The molecule has 9 heteroatoms. The number of anilines is 1. The van der Waals surface area contributed by atoms with E-state index >= 15 is 0 Å². The minimum Gasteiger partial charge on any atom is -0.457 e. The number of nitrogens with one attached hydrogen (secondary N) is 1. The van der Waals surface area contributed by atoms with Gasteiger partial charge in [0.25, 0.3) is 11.8 Å². The van der Waals surface area contributed by atoms with Gasteiger partial charge in [0.2, 0.25) is 0 Å². The van der Waals surface area contributed by atoms with E-state index in [-0.39, 0.29) is 15.6 Å². The topological polar surface area (TPSA) is 92.8 Å². The molecule has 1 saturated heterocycles. The van der Waals surface area contributed by atoms with Crippen LogP contribution in [0.1, 0.15) is 5.56 Å². The zero-order valence-electron chi connectivity index (χ0n) is 17.4. The molecule has 3 aromatic rings. The van der Waals surface area contributed by atoms with E-state index in [0.717, 1.165) is 6.26 Å². The Bertz CT molecular complexity index is 1360. The van der Waals surface area contributed by atoms with Crippen molar-refractivity contribution in [2.24, 2.45) is 0 Å². The standard InChI is InChI=1S/C24H18N2O5S2/c1-33(29,30)20-13-7-16(8-14-20)15-21-22(27)25-24(32)26(23(21)28)17-9-11-19(12-10-17)31-18-5-3-2-4-6-18/h2-15H,1H3,(H,25,27,32)/b21-15+. The fourth-order valence-electron chi connectivity index (χ4n) is 3.16. The van der Waals surface area contributed by atoms with E-state index in [2.05, 4.69) is 5.32 Å². The number of para-hydroxylation sites is 1. The van der Waals surface area contributed by atoms with Gasteiger partial charge < -0.3 is 4.74 Å². The molecule has 1 heterocycles. The van der Waals surface area contributed by atoms with Crippen LogP contribution in [-0.2, 0) is 19.4 Å². The highest BCUT2D eigenvalue weighted by molar-refractivity contribution is 7.90. The number of rotatable bonds is 5. The summed E-state index contributed by atoms with van der Waals surface area (Å²) in [6.45, 7) is 0. The number of benzene rings is 3. The Kier molecular flexibility index (Phi) is 6.08. The third-order valence-corrected chi connectivity index (χ3v) is 6.21. The third-order valence-electron chi connectivity index (χ3n) is 4.79. The molecule has 0 aromatic heterocycles. The number of hydrogen-bond donors (Lipinski definition) is 1. The van der Waals surface area contributed by atoms with Gasteiger partial charge >= 0.3 is 0 Å². The molecule has 0 radical (unpaired) electrons. The number of nitrogens with zero attached hydrogens (tertiary/aromatic N) is 1. The predicted octanol–water partition coefficient (Wildman–Crippen LogP) is 3.71. The van der Waals surface area contributed by atoms with Gasteiger partial charge in [0.1, 0.15) is 17.1 Å². The molecule has 0 aliphatic carbocycles. The van der Waals surface area contributed by atoms with Crippen molar-refractivity contribution in [3.63, 3.8) is 0 Å². The molecule has 2 amide bonds. The second-order valence-electron chi connectivity index (χ2n) is 7.21. The van der Waals surface area contributed by atoms with Gasteiger partial charge in [0.05, 0.1) is 10.6 Å². The van der Waals surface area contributed by atoms with E-state index < -0.39 is 21.7 Å². The quantitative estimate of drug-likeness (QED) is 0.341. The first-order valence-electron chi connectivity index (χ1n) is 9.77. The van der Waals surface area contributed by atoms with E-state index in [4.69, 9.17) is 17.0 Å². The molecular weight excluding hydrogens is 460 g/mol. The summed E-state index contributed by atoms with van der Waals surface area (Å²) < 4.78 is 29.0. The number of carbonyl (C=O) groups is 2. The van der Waals surface area contributed by atoms with Crippen molar-refractivity contribution in [2.45, 2.75) is 4.90 Å². The fourth-order valence-corrected chi connectivity index (χ4v) is 4.07. The highest BCUT2D eigenvalue weighted by Gasteiger charge is 2.34. The van der Waals surface area contributed by atoms with Gasteiger partial charge in [-0.1, -0.05) is 30.3 Å². The summed E-state index contributed by atoms with van der Waals surface area (Å²) >= 11 is 5.22. The lowest BCUT2D eigenvalue weighted by atomic mass is 10.1. The Hall–Kier alpha value is -3.82. The molecular formula is C24H18N2O5S2. The number of ether oxygens (including phenoxy) is 1. The first-order chi connectivity index (χ1) is 15.7. The van der Waals surface area contributed by atoms with Crippen LogP contribution >= 0.6 is 12.2 Å². The highest BCUT2D eigenvalue weighted by Crippen LogP contribution is 2.27. The van der Waals surface area contributed by atoms with Crippen LogP contribution in [0.5, 0.6) is 11.5 Å². The van der Waals surface area contributed by atoms with Gasteiger partial charge in [0.15, 0.2) is 14.9 Å². The molecule has 4 rings (SSSR count). The smallest absolute Gasteiger partial charge is 0.270 e. The molecule has 0 atom stereocenters. The minimum atomic E-state index is -3.35. The maximum atomic E-state index is 13.1. The van der Waals surface area contributed by atoms with Gasteiger partial charge in [-0.15, -0.1) is 0 Å². The number of carbonyl (C=O) groups excluding carboxylic acids is 2. The lowest BCUT2D eigenvalue weighted by Crippen LogP contribution is -2.54. The molecule has 1 aliphatic heterocycles. The van der Waals surface area contributed by atoms with Crippen molar-refractivity contribution >= 4 is 50.7 Å². The second kappa shape index (κ2) is 8.97. The van der Waals surface area contributed by atoms with Gasteiger partial charge in [-0.05, 0) is 72.4 Å². The van der Waals surface area contributed by atoms with E-state index in [1.165, 1.54) is 35.2 Å². The van der Waals surface area contributed by atoms with Crippen molar-refractivity contribution in [1.29, 1.82) is 0 Å². The van der Waals surface area contributed by atoms with Gasteiger partial charge in [-0.25, -0.2) is 8.42 Å².